The van der Waals surface area contributed by atoms with Gasteiger partial charge in [0.1, 0.15) is 4.99 Å². The van der Waals surface area contributed by atoms with E-state index in [1.807, 2.05) is 4.90 Å². The van der Waals surface area contributed by atoms with Crippen molar-refractivity contribution in [2.75, 3.05) is 24.6 Å². The molecule has 0 saturated carbocycles. The van der Waals surface area contributed by atoms with E-state index in [0.29, 0.717) is 21.6 Å². The first-order valence-electron chi connectivity index (χ1n) is 6.18. The van der Waals surface area contributed by atoms with Gasteiger partial charge < -0.3 is 15.7 Å². The lowest BCUT2D eigenvalue weighted by Crippen LogP contribution is -2.35. The summed E-state index contributed by atoms with van der Waals surface area (Å²) in [6.45, 7) is 1.71. The van der Waals surface area contributed by atoms with Crippen molar-refractivity contribution in [1.82, 2.24) is 0 Å². The standard InChI is InChI=1S/C13H16BrFN2OS/c14-11-9(13(16)19)1-2-10(12(11)15)17-5-3-8(7-18)4-6-17/h1-2,8,18H,3-7H2,(H2,16,19). The third-order valence-electron chi connectivity index (χ3n) is 3.54. The average Bonchev–Trinajstić information content (AvgIpc) is 2.41. The second-order valence-electron chi connectivity index (χ2n) is 4.74. The first-order chi connectivity index (χ1) is 9.04. The summed E-state index contributed by atoms with van der Waals surface area (Å²) in [7, 11) is 0. The molecule has 19 heavy (non-hydrogen) atoms. The summed E-state index contributed by atoms with van der Waals surface area (Å²) < 4.78 is 14.7. The van der Waals surface area contributed by atoms with Crippen LogP contribution >= 0.6 is 28.1 Å². The molecule has 2 rings (SSSR count). The molecule has 1 aliphatic rings. The monoisotopic (exact) mass is 346 g/mol. The normalized spacial score (nSPS) is 16.7. The summed E-state index contributed by atoms with van der Waals surface area (Å²) in [5.41, 5.74) is 6.62. The third-order valence-corrected chi connectivity index (χ3v) is 4.54. The van der Waals surface area contributed by atoms with Crippen molar-refractivity contribution in [2.24, 2.45) is 11.7 Å². The highest BCUT2D eigenvalue weighted by Crippen LogP contribution is 2.31. The minimum atomic E-state index is -0.326. The van der Waals surface area contributed by atoms with Crippen molar-refractivity contribution < 1.29 is 9.50 Å². The van der Waals surface area contributed by atoms with Crippen molar-refractivity contribution in [3.63, 3.8) is 0 Å². The molecule has 1 heterocycles. The van der Waals surface area contributed by atoms with Crippen LogP contribution in [0.2, 0.25) is 0 Å². The Kier molecular flexibility index (Phi) is 4.76. The molecule has 0 aliphatic carbocycles. The van der Waals surface area contributed by atoms with Gasteiger partial charge in [0.05, 0.1) is 10.2 Å². The second-order valence-corrected chi connectivity index (χ2v) is 5.97. The molecule has 0 amide bonds. The van der Waals surface area contributed by atoms with E-state index in [9.17, 15) is 4.39 Å². The van der Waals surface area contributed by atoms with Gasteiger partial charge in [-0.1, -0.05) is 12.2 Å². The number of anilines is 1. The van der Waals surface area contributed by atoms with Gasteiger partial charge in [-0.3, -0.25) is 0 Å². The van der Waals surface area contributed by atoms with Gasteiger partial charge in [0, 0.05) is 25.3 Å². The highest BCUT2D eigenvalue weighted by molar-refractivity contribution is 9.10. The van der Waals surface area contributed by atoms with E-state index in [2.05, 4.69) is 15.9 Å². The zero-order chi connectivity index (χ0) is 14.0. The molecule has 0 spiro atoms. The smallest absolute Gasteiger partial charge is 0.161 e. The van der Waals surface area contributed by atoms with E-state index in [1.54, 1.807) is 12.1 Å². The molecule has 1 aromatic rings. The van der Waals surface area contributed by atoms with Crippen LogP contribution in [0, 0.1) is 11.7 Å². The van der Waals surface area contributed by atoms with E-state index in [0.717, 1.165) is 25.9 Å². The Labute approximate surface area is 125 Å². The Hall–Kier alpha value is -0.720. The van der Waals surface area contributed by atoms with E-state index < -0.39 is 0 Å². The third kappa shape index (κ3) is 3.07. The Morgan fingerprint density at radius 1 is 1.47 bits per heavy atom. The molecule has 6 heteroatoms. The van der Waals surface area contributed by atoms with E-state index >= 15 is 0 Å². The predicted octanol–water partition coefficient (Wildman–Crippen LogP) is 2.43. The summed E-state index contributed by atoms with van der Waals surface area (Å²) in [5, 5.41) is 9.12. The molecule has 0 aromatic heterocycles. The summed E-state index contributed by atoms with van der Waals surface area (Å²) >= 11 is 8.09. The number of thiocarbonyl (C=S) groups is 1. The number of hydrogen-bond acceptors (Lipinski definition) is 3. The Bertz CT molecular complexity index is 490. The molecular formula is C13H16BrFN2OS. The van der Waals surface area contributed by atoms with Crippen molar-refractivity contribution in [3.8, 4) is 0 Å². The van der Waals surface area contributed by atoms with Crippen LogP contribution in [0.3, 0.4) is 0 Å². The average molecular weight is 347 g/mol. The van der Waals surface area contributed by atoms with Crippen LogP contribution in [-0.4, -0.2) is 29.8 Å². The number of rotatable bonds is 3. The van der Waals surface area contributed by atoms with Gasteiger partial charge >= 0.3 is 0 Å². The molecule has 0 bridgehead atoms. The highest BCUT2D eigenvalue weighted by Gasteiger charge is 2.22. The van der Waals surface area contributed by atoms with E-state index in [1.165, 1.54) is 0 Å². The number of halogens is 2. The maximum atomic E-state index is 14.3. The fourth-order valence-corrected chi connectivity index (χ4v) is 3.18. The Balaban J connectivity index is 2.22. The lowest BCUT2D eigenvalue weighted by atomic mass is 9.97. The van der Waals surface area contributed by atoms with Crippen LogP contribution in [0.4, 0.5) is 10.1 Å². The first-order valence-corrected chi connectivity index (χ1v) is 7.38. The minimum absolute atomic E-state index is 0.177. The van der Waals surface area contributed by atoms with Crippen LogP contribution in [0.1, 0.15) is 18.4 Å². The number of hydrogen-bond donors (Lipinski definition) is 2. The fraction of sp³-hybridized carbons (Fsp3) is 0.462. The maximum Gasteiger partial charge on any atom is 0.161 e. The predicted molar refractivity (Wildman–Crippen MR) is 82.0 cm³/mol. The van der Waals surface area contributed by atoms with Crippen LogP contribution in [0.25, 0.3) is 0 Å². The fourth-order valence-electron chi connectivity index (χ4n) is 2.33. The zero-order valence-corrected chi connectivity index (χ0v) is 12.8. The molecule has 1 fully saturated rings. The van der Waals surface area contributed by atoms with Crippen LogP contribution < -0.4 is 10.6 Å². The highest BCUT2D eigenvalue weighted by atomic mass is 79.9. The number of piperidine rings is 1. The second kappa shape index (κ2) is 6.15. The largest absolute Gasteiger partial charge is 0.396 e. The Morgan fingerprint density at radius 2 is 2.11 bits per heavy atom. The van der Waals surface area contributed by atoms with Crippen LogP contribution in [0.15, 0.2) is 16.6 Å². The van der Waals surface area contributed by atoms with Crippen LogP contribution in [0.5, 0.6) is 0 Å². The van der Waals surface area contributed by atoms with Gasteiger partial charge in [0.2, 0.25) is 0 Å². The number of nitrogens with zero attached hydrogens (tertiary/aromatic N) is 1. The molecule has 0 atom stereocenters. The molecule has 1 saturated heterocycles. The molecule has 1 aliphatic heterocycles. The zero-order valence-electron chi connectivity index (χ0n) is 10.4. The van der Waals surface area contributed by atoms with E-state index in [4.69, 9.17) is 23.1 Å². The van der Waals surface area contributed by atoms with Crippen molar-refractivity contribution in [2.45, 2.75) is 12.8 Å². The number of aliphatic hydroxyl groups excluding tert-OH is 1. The summed E-state index contributed by atoms with van der Waals surface area (Å²) in [4.78, 5) is 2.17. The minimum Gasteiger partial charge on any atom is -0.396 e. The molecule has 3 N–H and O–H groups in total. The van der Waals surface area contributed by atoms with Crippen molar-refractivity contribution >= 4 is 38.8 Å². The number of nitrogens with two attached hydrogens (primary N) is 1. The Morgan fingerprint density at radius 3 is 2.63 bits per heavy atom. The van der Waals surface area contributed by atoms with Gasteiger partial charge in [0.15, 0.2) is 5.82 Å². The molecular weight excluding hydrogens is 331 g/mol. The van der Waals surface area contributed by atoms with Gasteiger partial charge in [-0.05, 0) is 46.8 Å². The first kappa shape index (κ1) is 14.7. The van der Waals surface area contributed by atoms with Crippen molar-refractivity contribution in [1.29, 1.82) is 0 Å². The summed E-state index contributed by atoms with van der Waals surface area (Å²) in [6, 6.07) is 3.46. The molecule has 1 aromatic carbocycles. The number of benzene rings is 1. The van der Waals surface area contributed by atoms with Gasteiger partial charge in [-0.15, -0.1) is 0 Å². The lowest BCUT2D eigenvalue weighted by molar-refractivity contribution is 0.203. The van der Waals surface area contributed by atoms with Gasteiger partial charge in [-0.2, -0.15) is 0 Å². The quantitative estimate of drug-likeness (QED) is 0.825. The van der Waals surface area contributed by atoms with Crippen molar-refractivity contribution in [3.05, 3.63) is 28.0 Å². The summed E-state index contributed by atoms with van der Waals surface area (Å²) in [6.07, 6.45) is 1.76. The van der Waals surface area contributed by atoms with Gasteiger partial charge in [0.25, 0.3) is 0 Å². The maximum absolute atomic E-state index is 14.3. The van der Waals surface area contributed by atoms with Gasteiger partial charge in [-0.25, -0.2) is 4.39 Å². The SMILES string of the molecule is NC(=S)c1ccc(N2CCC(CO)CC2)c(F)c1Br. The molecule has 0 radical (unpaired) electrons. The molecule has 0 unspecified atom stereocenters. The van der Waals surface area contributed by atoms with Crippen LogP contribution in [-0.2, 0) is 0 Å². The molecule has 3 nitrogen and oxygen atoms in total. The van der Waals surface area contributed by atoms with E-state index in [-0.39, 0.29) is 17.4 Å². The summed E-state index contributed by atoms with van der Waals surface area (Å²) in [5.74, 6) is 0.00592. The molecule has 104 valence electrons. The topological polar surface area (TPSA) is 49.5 Å². The number of aliphatic hydroxyl groups is 1. The lowest BCUT2D eigenvalue weighted by Gasteiger charge is -2.33.